The minimum atomic E-state index is -1.19. The lowest BCUT2D eigenvalue weighted by molar-refractivity contribution is -0.141. The van der Waals surface area contributed by atoms with Crippen LogP contribution in [0.3, 0.4) is 0 Å². The Morgan fingerprint density at radius 1 is 1.19 bits per heavy atom. The number of guanidine groups is 1. The first kappa shape index (κ1) is 20.7. The molecule has 7 N–H and O–H groups in total. The maximum Gasteiger partial charge on any atom is 0.407 e. The van der Waals surface area contributed by atoms with Crippen LogP contribution in [0.1, 0.15) is 18.4 Å². The molecule has 10 heteroatoms. The van der Waals surface area contributed by atoms with Crippen molar-refractivity contribution >= 4 is 23.9 Å². The highest BCUT2D eigenvalue weighted by atomic mass is 16.5. The number of aliphatic imine (C=N–C) groups is 1. The van der Waals surface area contributed by atoms with Crippen molar-refractivity contribution in [3.63, 3.8) is 0 Å². The number of rotatable bonds is 10. The Morgan fingerprint density at radius 2 is 1.88 bits per heavy atom. The van der Waals surface area contributed by atoms with E-state index in [2.05, 4.69) is 15.6 Å². The molecule has 26 heavy (non-hydrogen) atoms. The Hall–Kier alpha value is -3.30. The van der Waals surface area contributed by atoms with Crippen LogP contribution < -0.4 is 22.1 Å². The first-order valence-corrected chi connectivity index (χ1v) is 7.90. The number of carbonyl (C=O) groups is 3. The molecule has 1 aromatic carbocycles. The third-order valence-corrected chi connectivity index (χ3v) is 3.18. The summed E-state index contributed by atoms with van der Waals surface area (Å²) in [4.78, 5) is 38.2. The SMILES string of the molecule is NC(N)=NCCCC(NC(=O)CNC(=O)OCc1ccccc1)C(=O)O. The van der Waals surface area contributed by atoms with Crippen LogP contribution >= 0.6 is 0 Å². The predicted molar refractivity (Wildman–Crippen MR) is 94.1 cm³/mol. The molecule has 0 radical (unpaired) electrons. The number of ether oxygens (including phenoxy) is 1. The Bertz CT molecular complexity index is 631. The van der Waals surface area contributed by atoms with Crippen molar-refractivity contribution < 1.29 is 24.2 Å². The number of hydrogen-bond donors (Lipinski definition) is 5. The minimum absolute atomic E-state index is 0.0663. The van der Waals surface area contributed by atoms with E-state index < -0.39 is 30.6 Å². The Balaban J connectivity index is 2.30. The van der Waals surface area contributed by atoms with Gasteiger partial charge in [0.15, 0.2) is 5.96 Å². The van der Waals surface area contributed by atoms with Gasteiger partial charge in [-0.2, -0.15) is 0 Å². The first-order chi connectivity index (χ1) is 12.4. The number of hydrogen-bond acceptors (Lipinski definition) is 5. The van der Waals surface area contributed by atoms with Crippen molar-refractivity contribution in [1.29, 1.82) is 0 Å². The third kappa shape index (κ3) is 9.11. The maximum atomic E-state index is 11.8. The van der Waals surface area contributed by atoms with E-state index >= 15 is 0 Å². The molecular formula is C16H23N5O5. The van der Waals surface area contributed by atoms with E-state index in [-0.39, 0.29) is 25.5 Å². The van der Waals surface area contributed by atoms with Gasteiger partial charge in [0.1, 0.15) is 19.2 Å². The highest BCUT2D eigenvalue weighted by Crippen LogP contribution is 2.01. The van der Waals surface area contributed by atoms with Gasteiger partial charge in [0.05, 0.1) is 0 Å². The topological polar surface area (TPSA) is 169 Å². The largest absolute Gasteiger partial charge is 0.480 e. The van der Waals surface area contributed by atoms with Gasteiger partial charge in [0, 0.05) is 6.54 Å². The van der Waals surface area contributed by atoms with Crippen molar-refractivity contribution in [1.82, 2.24) is 10.6 Å². The molecule has 0 aliphatic carbocycles. The molecule has 0 bridgehead atoms. The van der Waals surface area contributed by atoms with E-state index in [1.54, 1.807) is 12.1 Å². The number of amides is 2. The molecule has 2 amide bonds. The third-order valence-electron chi connectivity index (χ3n) is 3.18. The van der Waals surface area contributed by atoms with Crippen LogP contribution in [0.4, 0.5) is 4.79 Å². The molecule has 1 atom stereocenters. The van der Waals surface area contributed by atoms with Gasteiger partial charge in [-0.25, -0.2) is 9.59 Å². The standard InChI is InChI=1S/C16H23N5O5/c17-15(18)19-8-4-7-12(14(23)24)21-13(22)9-20-16(25)26-10-11-5-2-1-3-6-11/h1-3,5-6,12H,4,7-10H2,(H,20,25)(H,21,22)(H,23,24)(H4,17,18,19). The summed E-state index contributed by atoms with van der Waals surface area (Å²) in [5, 5.41) is 13.7. The van der Waals surface area contributed by atoms with Crippen molar-refractivity contribution in [3.8, 4) is 0 Å². The number of nitrogens with one attached hydrogen (secondary N) is 2. The maximum absolute atomic E-state index is 11.8. The summed E-state index contributed by atoms with van der Waals surface area (Å²) in [7, 11) is 0. The van der Waals surface area contributed by atoms with Crippen LogP contribution in [0, 0.1) is 0 Å². The molecule has 0 fully saturated rings. The number of nitrogens with zero attached hydrogens (tertiary/aromatic N) is 1. The van der Waals surface area contributed by atoms with E-state index in [9.17, 15) is 14.4 Å². The molecule has 0 aliphatic rings. The summed E-state index contributed by atoms with van der Waals surface area (Å²) < 4.78 is 4.95. The average Bonchev–Trinajstić information content (AvgIpc) is 2.61. The molecule has 1 rings (SSSR count). The molecule has 0 saturated carbocycles. The van der Waals surface area contributed by atoms with Crippen molar-refractivity contribution in [2.75, 3.05) is 13.1 Å². The molecule has 1 unspecified atom stereocenters. The number of carboxylic acid groups (broad SMARTS) is 1. The molecule has 0 aliphatic heterocycles. The lowest BCUT2D eigenvalue weighted by Crippen LogP contribution is -2.45. The zero-order chi connectivity index (χ0) is 19.4. The van der Waals surface area contributed by atoms with Crippen molar-refractivity contribution in [3.05, 3.63) is 35.9 Å². The summed E-state index contributed by atoms with van der Waals surface area (Å²) in [5.74, 6) is -1.91. The molecule has 1 aromatic rings. The lowest BCUT2D eigenvalue weighted by atomic mass is 10.1. The van der Waals surface area contributed by atoms with Crippen molar-refractivity contribution in [2.24, 2.45) is 16.5 Å². The van der Waals surface area contributed by atoms with Crippen LogP contribution in [0.15, 0.2) is 35.3 Å². The second kappa shape index (κ2) is 11.3. The average molecular weight is 365 g/mol. The van der Waals surface area contributed by atoms with E-state index in [1.165, 1.54) is 0 Å². The van der Waals surface area contributed by atoms with Crippen LogP contribution in [-0.4, -0.2) is 48.2 Å². The van der Waals surface area contributed by atoms with Gasteiger partial charge in [0.25, 0.3) is 0 Å². The van der Waals surface area contributed by atoms with Crippen LogP contribution in [0.2, 0.25) is 0 Å². The second-order valence-electron chi connectivity index (χ2n) is 5.32. The molecule has 0 saturated heterocycles. The van der Waals surface area contributed by atoms with Gasteiger partial charge < -0.3 is 31.9 Å². The lowest BCUT2D eigenvalue weighted by Gasteiger charge is -2.14. The van der Waals surface area contributed by atoms with Gasteiger partial charge >= 0.3 is 12.1 Å². The number of alkyl carbamates (subject to hydrolysis) is 1. The number of carboxylic acids is 1. The number of aliphatic carboxylic acids is 1. The summed E-state index contributed by atoms with van der Waals surface area (Å²) in [6.07, 6.45) is -0.249. The van der Waals surface area contributed by atoms with Crippen LogP contribution in [0.5, 0.6) is 0 Å². The zero-order valence-electron chi connectivity index (χ0n) is 14.2. The fraction of sp³-hybridized carbons (Fsp3) is 0.375. The van der Waals surface area contributed by atoms with Crippen LogP contribution in [0.25, 0.3) is 0 Å². The van der Waals surface area contributed by atoms with Gasteiger partial charge in [0.2, 0.25) is 5.91 Å². The van der Waals surface area contributed by atoms with Gasteiger partial charge in [-0.3, -0.25) is 9.79 Å². The van der Waals surface area contributed by atoms with Gasteiger partial charge in [-0.05, 0) is 18.4 Å². The Morgan fingerprint density at radius 3 is 2.50 bits per heavy atom. The smallest absolute Gasteiger partial charge is 0.407 e. The number of nitrogens with two attached hydrogens (primary N) is 2. The highest BCUT2D eigenvalue weighted by molar-refractivity contribution is 5.86. The van der Waals surface area contributed by atoms with Crippen molar-refractivity contribution in [2.45, 2.75) is 25.5 Å². The van der Waals surface area contributed by atoms with E-state index in [1.807, 2.05) is 18.2 Å². The fourth-order valence-electron chi connectivity index (χ4n) is 1.93. The molecule has 10 nitrogen and oxygen atoms in total. The predicted octanol–water partition coefficient (Wildman–Crippen LogP) is -0.464. The Kier molecular flexibility index (Phi) is 9.01. The highest BCUT2D eigenvalue weighted by Gasteiger charge is 2.19. The molecule has 142 valence electrons. The number of carbonyl (C=O) groups excluding carboxylic acids is 2. The fourth-order valence-corrected chi connectivity index (χ4v) is 1.93. The van der Waals surface area contributed by atoms with Crippen LogP contribution in [-0.2, 0) is 20.9 Å². The molecular weight excluding hydrogens is 342 g/mol. The molecule has 0 aromatic heterocycles. The normalized spacial score (nSPS) is 11.1. The van der Waals surface area contributed by atoms with E-state index in [4.69, 9.17) is 21.3 Å². The minimum Gasteiger partial charge on any atom is -0.480 e. The number of benzene rings is 1. The van der Waals surface area contributed by atoms with Gasteiger partial charge in [-0.1, -0.05) is 30.3 Å². The van der Waals surface area contributed by atoms with Gasteiger partial charge in [-0.15, -0.1) is 0 Å². The molecule has 0 spiro atoms. The summed E-state index contributed by atoms with van der Waals surface area (Å²) in [6, 6.07) is 7.94. The van der Waals surface area contributed by atoms with E-state index in [0.717, 1.165) is 5.56 Å². The first-order valence-electron chi connectivity index (χ1n) is 7.90. The molecule has 0 heterocycles. The summed E-state index contributed by atoms with van der Waals surface area (Å²) in [6.45, 7) is -0.0752. The zero-order valence-corrected chi connectivity index (χ0v) is 14.2. The summed E-state index contributed by atoms with van der Waals surface area (Å²) in [5.41, 5.74) is 11.1. The summed E-state index contributed by atoms with van der Waals surface area (Å²) >= 11 is 0. The monoisotopic (exact) mass is 365 g/mol. The second-order valence-corrected chi connectivity index (χ2v) is 5.32. The van der Waals surface area contributed by atoms with E-state index in [0.29, 0.717) is 6.42 Å². The Labute approximate surface area is 150 Å². The quantitative estimate of drug-likeness (QED) is 0.212.